The van der Waals surface area contributed by atoms with Crippen molar-refractivity contribution < 1.29 is 9.59 Å². The van der Waals surface area contributed by atoms with Crippen LogP contribution in [0.3, 0.4) is 0 Å². The van der Waals surface area contributed by atoms with E-state index in [1.54, 1.807) is 6.07 Å². The largest absolute Gasteiger partial charge is 0.373 e. The van der Waals surface area contributed by atoms with Gasteiger partial charge in [-0.15, -0.1) is 0 Å². The predicted molar refractivity (Wildman–Crippen MR) is 94.6 cm³/mol. The SMILES string of the molecule is Cc1ccc(C)c(N[C@H]2CC(=O)N(c3ccccc3Br)C2=O)c1. The van der Waals surface area contributed by atoms with Crippen LogP contribution >= 0.6 is 15.9 Å². The van der Waals surface area contributed by atoms with Crippen molar-refractivity contribution >= 4 is 39.1 Å². The maximum Gasteiger partial charge on any atom is 0.256 e. The maximum absolute atomic E-state index is 12.7. The Morgan fingerprint density at radius 3 is 2.61 bits per heavy atom. The molecule has 118 valence electrons. The smallest absolute Gasteiger partial charge is 0.256 e. The number of carbonyl (C=O) groups is 2. The van der Waals surface area contributed by atoms with E-state index in [1.165, 1.54) is 4.90 Å². The zero-order valence-electron chi connectivity index (χ0n) is 13.0. The highest BCUT2D eigenvalue weighted by Gasteiger charge is 2.40. The van der Waals surface area contributed by atoms with Crippen LogP contribution in [0.5, 0.6) is 0 Å². The lowest BCUT2D eigenvalue weighted by molar-refractivity contribution is -0.121. The molecule has 1 N–H and O–H groups in total. The summed E-state index contributed by atoms with van der Waals surface area (Å²) in [5, 5.41) is 3.22. The summed E-state index contributed by atoms with van der Waals surface area (Å²) in [6.07, 6.45) is 0.160. The number of aryl methyl sites for hydroxylation is 2. The van der Waals surface area contributed by atoms with Gasteiger partial charge in [0.15, 0.2) is 0 Å². The Balaban J connectivity index is 1.87. The van der Waals surface area contributed by atoms with Gasteiger partial charge in [-0.05, 0) is 59.1 Å². The predicted octanol–water partition coefficient (Wildman–Crippen LogP) is 3.81. The van der Waals surface area contributed by atoms with Crippen LogP contribution in [-0.2, 0) is 9.59 Å². The standard InChI is InChI=1S/C18H17BrN2O2/c1-11-7-8-12(2)14(9-11)20-15-10-17(22)21(18(15)23)16-6-4-3-5-13(16)19/h3-9,15,20H,10H2,1-2H3/t15-/m0/s1. The minimum atomic E-state index is -0.532. The highest BCUT2D eigenvalue weighted by Crippen LogP contribution is 2.31. The number of imide groups is 1. The van der Waals surface area contributed by atoms with Crippen LogP contribution in [0.15, 0.2) is 46.9 Å². The molecule has 0 saturated carbocycles. The summed E-state index contributed by atoms with van der Waals surface area (Å²) < 4.78 is 0.731. The zero-order chi connectivity index (χ0) is 16.6. The van der Waals surface area contributed by atoms with Gasteiger partial charge in [-0.2, -0.15) is 0 Å². The van der Waals surface area contributed by atoms with E-state index >= 15 is 0 Å². The Bertz CT molecular complexity index is 788. The number of nitrogens with one attached hydrogen (secondary N) is 1. The molecule has 2 aromatic rings. The van der Waals surface area contributed by atoms with Crippen molar-refractivity contribution in [1.82, 2.24) is 0 Å². The average molecular weight is 373 g/mol. The molecule has 0 aromatic heterocycles. The van der Waals surface area contributed by atoms with Gasteiger partial charge in [-0.25, -0.2) is 4.90 Å². The van der Waals surface area contributed by atoms with Crippen LogP contribution < -0.4 is 10.2 Å². The van der Waals surface area contributed by atoms with E-state index in [2.05, 4.69) is 21.2 Å². The van der Waals surface area contributed by atoms with Crippen molar-refractivity contribution in [3.05, 3.63) is 58.1 Å². The molecule has 0 aliphatic carbocycles. The molecule has 0 spiro atoms. The van der Waals surface area contributed by atoms with Gasteiger partial charge in [-0.3, -0.25) is 9.59 Å². The normalized spacial score (nSPS) is 17.7. The molecule has 1 atom stereocenters. The van der Waals surface area contributed by atoms with Gasteiger partial charge in [0.05, 0.1) is 12.1 Å². The third kappa shape index (κ3) is 3.01. The summed E-state index contributed by atoms with van der Waals surface area (Å²) in [6.45, 7) is 3.98. The Labute approximate surface area is 143 Å². The Hall–Kier alpha value is -2.14. The van der Waals surface area contributed by atoms with Crippen LogP contribution in [-0.4, -0.2) is 17.9 Å². The van der Waals surface area contributed by atoms with E-state index in [-0.39, 0.29) is 18.2 Å². The fourth-order valence-corrected chi connectivity index (χ4v) is 3.17. The van der Waals surface area contributed by atoms with E-state index < -0.39 is 6.04 Å². The molecule has 1 aliphatic rings. The quantitative estimate of drug-likeness (QED) is 0.833. The number of hydrogen-bond acceptors (Lipinski definition) is 3. The van der Waals surface area contributed by atoms with Gasteiger partial charge in [-0.1, -0.05) is 24.3 Å². The first-order valence-electron chi connectivity index (χ1n) is 7.42. The van der Waals surface area contributed by atoms with Crippen molar-refractivity contribution in [2.24, 2.45) is 0 Å². The number of para-hydroxylation sites is 1. The first-order valence-corrected chi connectivity index (χ1v) is 8.22. The maximum atomic E-state index is 12.7. The molecule has 1 saturated heterocycles. The van der Waals surface area contributed by atoms with Crippen LogP contribution in [0.1, 0.15) is 17.5 Å². The number of hydrogen-bond donors (Lipinski definition) is 1. The molecule has 23 heavy (non-hydrogen) atoms. The third-order valence-electron chi connectivity index (χ3n) is 3.96. The van der Waals surface area contributed by atoms with Gasteiger partial charge in [0, 0.05) is 10.2 Å². The molecule has 4 nitrogen and oxygen atoms in total. The van der Waals surface area contributed by atoms with E-state index in [0.717, 1.165) is 21.3 Å². The molecule has 0 radical (unpaired) electrons. The minimum absolute atomic E-state index is 0.160. The van der Waals surface area contributed by atoms with Crippen LogP contribution in [0.25, 0.3) is 0 Å². The lowest BCUT2D eigenvalue weighted by Crippen LogP contribution is -2.35. The summed E-state index contributed by atoms with van der Waals surface area (Å²) in [5.41, 5.74) is 3.64. The van der Waals surface area contributed by atoms with Crippen LogP contribution in [0.4, 0.5) is 11.4 Å². The summed E-state index contributed by atoms with van der Waals surface area (Å²) in [5.74, 6) is -0.410. The fourth-order valence-electron chi connectivity index (χ4n) is 2.71. The van der Waals surface area contributed by atoms with E-state index in [9.17, 15) is 9.59 Å². The summed E-state index contributed by atoms with van der Waals surface area (Å²) in [4.78, 5) is 26.3. The Morgan fingerprint density at radius 2 is 1.87 bits per heavy atom. The van der Waals surface area contributed by atoms with Crippen molar-refractivity contribution in [2.75, 3.05) is 10.2 Å². The van der Waals surface area contributed by atoms with Crippen LogP contribution in [0, 0.1) is 13.8 Å². The number of halogens is 1. The topological polar surface area (TPSA) is 49.4 Å². The van der Waals surface area contributed by atoms with E-state index in [4.69, 9.17) is 0 Å². The number of carbonyl (C=O) groups excluding carboxylic acids is 2. The number of amides is 2. The molecule has 1 heterocycles. The van der Waals surface area contributed by atoms with Crippen molar-refractivity contribution in [2.45, 2.75) is 26.3 Å². The molecule has 0 bridgehead atoms. The van der Waals surface area contributed by atoms with Crippen molar-refractivity contribution in [1.29, 1.82) is 0 Å². The second kappa shape index (κ2) is 6.16. The minimum Gasteiger partial charge on any atom is -0.373 e. The molecule has 1 fully saturated rings. The molecule has 1 aliphatic heterocycles. The molecule has 5 heteroatoms. The van der Waals surface area contributed by atoms with Gasteiger partial charge in [0.25, 0.3) is 5.91 Å². The molecule has 0 unspecified atom stereocenters. The second-order valence-corrected chi connectivity index (χ2v) is 6.59. The van der Waals surface area contributed by atoms with Gasteiger partial charge in [0.1, 0.15) is 6.04 Å². The van der Waals surface area contributed by atoms with E-state index in [1.807, 2.05) is 50.2 Å². The first-order chi connectivity index (χ1) is 11.0. The third-order valence-corrected chi connectivity index (χ3v) is 4.63. The number of anilines is 2. The van der Waals surface area contributed by atoms with Crippen molar-refractivity contribution in [3.63, 3.8) is 0 Å². The van der Waals surface area contributed by atoms with E-state index in [0.29, 0.717) is 5.69 Å². The van der Waals surface area contributed by atoms with Crippen LogP contribution in [0.2, 0.25) is 0 Å². The Morgan fingerprint density at radius 1 is 1.13 bits per heavy atom. The second-order valence-electron chi connectivity index (χ2n) is 5.74. The van der Waals surface area contributed by atoms with Gasteiger partial charge in [0.2, 0.25) is 5.91 Å². The van der Waals surface area contributed by atoms with Crippen molar-refractivity contribution in [3.8, 4) is 0 Å². The molecule has 3 rings (SSSR count). The molecule has 2 aromatic carbocycles. The fraction of sp³-hybridized carbons (Fsp3) is 0.222. The zero-order valence-corrected chi connectivity index (χ0v) is 14.6. The lowest BCUT2D eigenvalue weighted by Gasteiger charge is -2.18. The molecular formula is C18H17BrN2O2. The first kappa shape index (κ1) is 15.7. The summed E-state index contributed by atoms with van der Waals surface area (Å²) >= 11 is 3.40. The van der Waals surface area contributed by atoms with Gasteiger partial charge < -0.3 is 5.32 Å². The molecular weight excluding hydrogens is 356 g/mol. The number of benzene rings is 2. The molecule has 2 amide bonds. The summed E-state index contributed by atoms with van der Waals surface area (Å²) in [7, 11) is 0. The average Bonchev–Trinajstić information content (AvgIpc) is 2.78. The monoisotopic (exact) mass is 372 g/mol. The highest BCUT2D eigenvalue weighted by molar-refractivity contribution is 9.10. The Kier molecular flexibility index (Phi) is 4.22. The summed E-state index contributed by atoms with van der Waals surface area (Å²) in [6, 6.07) is 12.7. The lowest BCUT2D eigenvalue weighted by atomic mass is 10.1. The van der Waals surface area contributed by atoms with Gasteiger partial charge >= 0.3 is 0 Å². The number of nitrogens with zero attached hydrogens (tertiary/aromatic N) is 1. The number of rotatable bonds is 3. The highest BCUT2D eigenvalue weighted by atomic mass is 79.9.